The van der Waals surface area contributed by atoms with E-state index in [-0.39, 0.29) is 36.2 Å². The first-order chi connectivity index (χ1) is 12.0. The highest BCUT2D eigenvalue weighted by Crippen LogP contribution is 2.35. The predicted octanol–water partition coefficient (Wildman–Crippen LogP) is 3.68. The quantitative estimate of drug-likeness (QED) is 0.390. The molecule has 0 radical (unpaired) electrons. The van der Waals surface area contributed by atoms with Crippen LogP contribution in [0.15, 0.2) is 12.2 Å². The number of carbonyl (C=O) groups is 3. The van der Waals surface area contributed by atoms with Gasteiger partial charge in [0.15, 0.2) is 0 Å². The summed E-state index contributed by atoms with van der Waals surface area (Å²) >= 11 is 0. The van der Waals surface area contributed by atoms with Crippen molar-refractivity contribution in [2.75, 3.05) is 0 Å². The van der Waals surface area contributed by atoms with Crippen LogP contribution in [0, 0.1) is 11.8 Å². The molecule has 0 amide bonds. The van der Waals surface area contributed by atoms with Crippen molar-refractivity contribution < 1.29 is 24.6 Å². The van der Waals surface area contributed by atoms with Gasteiger partial charge in [0.05, 0.1) is 6.10 Å². The van der Waals surface area contributed by atoms with Crippen LogP contribution in [0.3, 0.4) is 0 Å². The van der Waals surface area contributed by atoms with E-state index < -0.39 is 12.1 Å². The average Bonchev–Trinajstić information content (AvgIpc) is 2.82. The minimum atomic E-state index is -0.797. The maximum atomic E-state index is 12.1. The largest absolute Gasteiger partial charge is 0.481 e. The summed E-state index contributed by atoms with van der Waals surface area (Å²) in [4.78, 5) is 34.5. The van der Waals surface area contributed by atoms with Crippen LogP contribution in [-0.2, 0) is 14.4 Å². The second kappa shape index (κ2) is 12.0. The number of Topliss-reactive ketones (excluding diaryl/α,β-unsaturated/α-hetero) is 2. The molecule has 0 aromatic heterocycles. The van der Waals surface area contributed by atoms with Gasteiger partial charge in [-0.2, -0.15) is 0 Å². The lowest BCUT2D eigenvalue weighted by Gasteiger charge is -2.19. The number of hydrogen-bond acceptors (Lipinski definition) is 4. The summed E-state index contributed by atoms with van der Waals surface area (Å²) in [5.41, 5.74) is 0. The number of carboxylic acid groups (broad SMARTS) is 1. The zero-order valence-electron chi connectivity index (χ0n) is 15.3. The number of hydrogen-bond donors (Lipinski definition) is 2. The third kappa shape index (κ3) is 8.43. The Morgan fingerprint density at radius 2 is 1.88 bits per heavy atom. The highest BCUT2D eigenvalue weighted by Gasteiger charge is 2.40. The molecule has 2 N–H and O–H groups in total. The van der Waals surface area contributed by atoms with Crippen molar-refractivity contribution in [3.05, 3.63) is 12.2 Å². The van der Waals surface area contributed by atoms with Gasteiger partial charge in [0.25, 0.3) is 0 Å². The number of unbranched alkanes of at least 4 members (excludes halogenated alkanes) is 3. The molecule has 142 valence electrons. The lowest BCUT2D eigenvalue weighted by Crippen LogP contribution is -2.21. The van der Waals surface area contributed by atoms with Crippen LogP contribution in [0.25, 0.3) is 0 Å². The number of aliphatic hydroxyl groups is 1. The van der Waals surface area contributed by atoms with Gasteiger partial charge < -0.3 is 10.2 Å². The lowest BCUT2D eigenvalue weighted by atomic mass is 9.86. The Bertz CT molecular complexity index is 469. The first kappa shape index (κ1) is 21.6. The van der Waals surface area contributed by atoms with Crippen LogP contribution < -0.4 is 0 Å². The molecule has 0 bridgehead atoms. The maximum absolute atomic E-state index is 12.1. The number of carboxylic acids is 1. The predicted molar refractivity (Wildman–Crippen MR) is 96.2 cm³/mol. The van der Waals surface area contributed by atoms with Crippen LogP contribution in [0.5, 0.6) is 0 Å². The molecule has 0 saturated heterocycles. The van der Waals surface area contributed by atoms with Gasteiger partial charge in [-0.15, -0.1) is 0 Å². The monoisotopic (exact) mass is 352 g/mol. The van der Waals surface area contributed by atoms with E-state index in [0.717, 1.165) is 19.3 Å². The van der Waals surface area contributed by atoms with Crippen molar-refractivity contribution >= 4 is 17.5 Å². The molecule has 5 heteroatoms. The van der Waals surface area contributed by atoms with E-state index in [1.165, 1.54) is 0 Å². The summed E-state index contributed by atoms with van der Waals surface area (Å²) in [6, 6.07) is 0. The maximum Gasteiger partial charge on any atom is 0.303 e. The molecule has 1 saturated carbocycles. The third-order valence-corrected chi connectivity index (χ3v) is 4.96. The summed E-state index contributed by atoms with van der Waals surface area (Å²) in [6.45, 7) is 2.10. The Morgan fingerprint density at radius 1 is 1.12 bits per heavy atom. The molecule has 0 aliphatic heterocycles. The molecule has 1 aliphatic carbocycles. The van der Waals surface area contributed by atoms with E-state index in [2.05, 4.69) is 6.92 Å². The van der Waals surface area contributed by atoms with Crippen molar-refractivity contribution in [3.8, 4) is 0 Å². The van der Waals surface area contributed by atoms with Crippen LogP contribution in [0.2, 0.25) is 0 Å². The average molecular weight is 352 g/mol. The first-order valence-corrected chi connectivity index (χ1v) is 9.55. The fourth-order valence-corrected chi connectivity index (χ4v) is 3.47. The molecule has 1 aliphatic rings. The molecule has 0 aromatic carbocycles. The number of allylic oxidation sites excluding steroid dienone is 2. The second-order valence-electron chi connectivity index (χ2n) is 7.04. The van der Waals surface area contributed by atoms with Gasteiger partial charge in [-0.05, 0) is 38.0 Å². The van der Waals surface area contributed by atoms with Crippen molar-refractivity contribution in [1.29, 1.82) is 0 Å². The zero-order chi connectivity index (χ0) is 18.7. The summed E-state index contributed by atoms with van der Waals surface area (Å²) in [6.07, 6.45) is 10.1. The van der Waals surface area contributed by atoms with Crippen molar-refractivity contribution in [2.45, 2.75) is 83.7 Å². The smallest absolute Gasteiger partial charge is 0.303 e. The van der Waals surface area contributed by atoms with Crippen LogP contribution in [-0.4, -0.2) is 33.9 Å². The molecule has 1 rings (SSSR count). The second-order valence-corrected chi connectivity index (χ2v) is 7.04. The number of ketones is 2. The fraction of sp³-hybridized carbons (Fsp3) is 0.750. The van der Waals surface area contributed by atoms with Crippen LogP contribution in [0.1, 0.15) is 77.6 Å². The van der Waals surface area contributed by atoms with Crippen molar-refractivity contribution in [3.63, 3.8) is 0 Å². The van der Waals surface area contributed by atoms with E-state index in [4.69, 9.17) is 5.11 Å². The molecule has 0 heterocycles. The van der Waals surface area contributed by atoms with Crippen LogP contribution in [0.4, 0.5) is 0 Å². The van der Waals surface area contributed by atoms with E-state index in [0.29, 0.717) is 38.5 Å². The summed E-state index contributed by atoms with van der Waals surface area (Å²) in [5.74, 6) is -0.863. The molecule has 3 atom stereocenters. The fourth-order valence-electron chi connectivity index (χ4n) is 3.47. The number of rotatable bonds is 13. The molecule has 5 nitrogen and oxygen atoms in total. The minimum absolute atomic E-state index is 0.0677. The molecule has 25 heavy (non-hydrogen) atoms. The zero-order valence-corrected chi connectivity index (χ0v) is 15.3. The van der Waals surface area contributed by atoms with Gasteiger partial charge in [0.1, 0.15) is 11.6 Å². The normalized spacial score (nSPS) is 23.4. The van der Waals surface area contributed by atoms with E-state index in [9.17, 15) is 19.5 Å². The first-order valence-electron chi connectivity index (χ1n) is 9.55. The standard InChI is InChI=1S/C20H32O5/c1-2-3-6-9-15(21)12-13-17-16(18(22)14-19(17)23)10-7-4-5-8-11-20(24)25/h4,7,16-18,22H,2-3,5-6,8-14H2,1H3,(H,24,25)/t16-,17-,18+/m1/s1. The molecule has 0 spiro atoms. The van der Waals surface area contributed by atoms with Gasteiger partial charge >= 0.3 is 5.97 Å². The summed E-state index contributed by atoms with van der Waals surface area (Å²) in [7, 11) is 0. The Balaban J connectivity index is 2.39. The number of aliphatic hydroxyl groups excluding tert-OH is 1. The Hall–Kier alpha value is -1.49. The highest BCUT2D eigenvalue weighted by molar-refractivity contribution is 5.85. The Kier molecular flexibility index (Phi) is 10.3. The summed E-state index contributed by atoms with van der Waals surface area (Å²) in [5, 5.41) is 18.7. The van der Waals surface area contributed by atoms with E-state index in [1.807, 2.05) is 12.2 Å². The van der Waals surface area contributed by atoms with Gasteiger partial charge in [-0.1, -0.05) is 31.9 Å². The lowest BCUT2D eigenvalue weighted by molar-refractivity contribution is -0.137. The molecular weight excluding hydrogens is 320 g/mol. The third-order valence-electron chi connectivity index (χ3n) is 4.96. The van der Waals surface area contributed by atoms with Gasteiger partial charge in [-0.3, -0.25) is 14.4 Å². The Morgan fingerprint density at radius 3 is 2.56 bits per heavy atom. The highest BCUT2D eigenvalue weighted by atomic mass is 16.4. The topological polar surface area (TPSA) is 91.7 Å². The van der Waals surface area contributed by atoms with Crippen molar-refractivity contribution in [2.24, 2.45) is 11.8 Å². The van der Waals surface area contributed by atoms with Gasteiger partial charge in [-0.25, -0.2) is 0 Å². The molecule has 0 aromatic rings. The van der Waals surface area contributed by atoms with Gasteiger partial charge in [0.2, 0.25) is 0 Å². The summed E-state index contributed by atoms with van der Waals surface area (Å²) < 4.78 is 0. The van der Waals surface area contributed by atoms with Gasteiger partial charge in [0, 0.05) is 31.6 Å². The molecule has 0 unspecified atom stereocenters. The number of aliphatic carboxylic acids is 1. The van der Waals surface area contributed by atoms with E-state index in [1.54, 1.807) is 0 Å². The van der Waals surface area contributed by atoms with E-state index >= 15 is 0 Å². The molecular formula is C20H32O5. The minimum Gasteiger partial charge on any atom is -0.481 e. The van der Waals surface area contributed by atoms with Crippen molar-refractivity contribution in [1.82, 2.24) is 0 Å². The Labute approximate surface area is 150 Å². The number of carbonyl (C=O) groups excluding carboxylic acids is 2. The SMILES string of the molecule is CCCCCC(=O)CC[C@H]1C(=O)C[C@H](O)[C@@H]1CC=CCCCC(=O)O. The van der Waals surface area contributed by atoms with Crippen LogP contribution >= 0.6 is 0 Å². The molecule has 1 fully saturated rings.